The van der Waals surface area contributed by atoms with Gasteiger partial charge in [-0.3, -0.25) is 9.59 Å². The monoisotopic (exact) mass is 277 g/mol. The number of aromatic nitrogens is 2. The van der Waals surface area contributed by atoms with Crippen LogP contribution in [0.5, 0.6) is 0 Å². The molecule has 6 heteroatoms. The predicted octanol–water partition coefficient (Wildman–Crippen LogP) is 1.28. The average molecular weight is 277 g/mol. The molecule has 108 valence electrons. The fraction of sp³-hybridized carbons (Fsp3) is 0.571. The summed E-state index contributed by atoms with van der Waals surface area (Å²) in [5.41, 5.74) is 1.90. The zero-order chi connectivity index (χ0) is 14.7. The maximum Gasteiger partial charge on any atom is 0.308 e. The topological polar surface area (TPSA) is 83.4 Å². The summed E-state index contributed by atoms with van der Waals surface area (Å²) in [6.45, 7) is 4.59. The van der Waals surface area contributed by atoms with Crippen molar-refractivity contribution in [3.05, 3.63) is 23.0 Å². The van der Waals surface area contributed by atoms with E-state index in [0.717, 1.165) is 6.42 Å². The zero-order valence-corrected chi connectivity index (χ0v) is 11.8. The molecule has 2 heterocycles. The van der Waals surface area contributed by atoms with E-state index in [0.29, 0.717) is 36.3 Å². The summed E-state index contributed by atoms with van der Waals surface area (Å²) in [6.07, 6.45) is 1.99. The lowest BCUT2D eigenvalue weighted by Crippen LogP contribution is -2.42. The van der Waals surface area contributed by atoms with Gasteiger partial charge in [-0.05, 0) is 32.3 Å². The Morgan fingerprint density at radius 3 is 2.85 bits per heavy atom. The van der Waals surface area contributed by atoms with Crippen LogP contribution in [0.4, 0.5) is 0 Å². The Morgan fingerprint density at radius 1 is 1.45 bits per heavy atom. The third-order valence-electron chi connectivity index (χ3n) is 3.62. The van der Waals surface area contributed by atoms with Crippen molar-refractivity contribution in [2.24, 2.45) is 5.92 Å². The molecule has 0 radical (unpaired) electrons. The van der Waals surface area contributed by atoms with Crippen molar-refractivity contribution in [2.75, 3.05) is 13.1 Å². The second kappa shape index (κ2) is 5.98. The highest BCUT2D eigenvalue weighted by atomic mass is 16.4. The Kier molecular flexibility index (Phi) is 4.32. The van der Waals surface area contributed by atoms with Crippen LogP contribution in [0.3, 0.4) is 0 Å². The maximum absolute atomic E-state index is 12.6. The van der Waals surface area contributed by atoms with Gasteiger partial charge in [0.05, 0.1) is 22.9 Å². The number of likely N-dealkylation sites (tertiary alicyclic amines) is 1. The van der Waals surface area contributed by atoms with Crippen molar-refractivity contribution in [1.82, 2.24) is 15.1 Å². The van der Waals surface area contributed by atoms with E-state index >= 15 is 0 Å². The molecular weight excluding hydrogens is 258 g/mol. The summed E-state index contributed by atoms with van der Waals surface area (Å²) < 4.78 is 0. The number of hydrogen-bond donors (Lipinski definition) is 1. The molecule has 1 atom stereocenters. The summed E-state index contributed by atoms with van der Waals surface area (Å²) >= 11 is 0. The van der Waals surface area contributed by atoms with E-state index in [2.05, 4.69) is 10.2 Å². The quantitative estimate of drug-likeness (QED) is 0.900. The summed E-state index contributed by atoms with van der Waals surface area (Å²) in [5.74, 6) is -1.43. The molecule has 2 rings (SSSR count). The highest BCUT2D eigenvalue weighted by Crippen LogP contribution is 2.20. The van der Waals surface area contributed by atoms with E-state index in [9.17, 15) is 9.59 Å². The second-order valence-electron chi connectivity index (χ2n) is 5.13. The molecule has 0 spiro atoms. The molecule has 20 heavy (non-hydrogen) atoms. The Balaban J connectivity index is 2.22. The summed E-state index contributed by atoms with van der Waals surface area (Å²) in [6, 6.07) is 1.73. The normalized spacial score (nSPS) is 18.9. The van der Waals surface area contributed by atoms with E-state index in [1.807, 2.05) is 6.92 Å². The summed E-state index contributed by atoms with van der Waals surface area (Å²) in [7, 11) is 0. The minimum atomic E-state index is -0.831. The van der Waals surface area contributed by atoms with Crippen molar-refractivity contribution in [3.63, 3.8) is 0 Å². The third kappa shape index (κ3) is 2.95. The number of carboxylic acid groups (broad SMARTS) is 1. The molecule has 1 amide bonds. The maximum atomic E-state index is 12.6. The first-order chi connectivity index (χ1) is 9.52. The van der Waals surface area contributed by atoms with Crippen LogP contribution in [0, 0.1) is 12.8 Å². The molecule has 1 fully saturated rings. The number of rotatable bonds is 3. The number of piperidine rings is 1. The van der Waals surface area contributed by atoms with Gasteiger partial charge < -0.3 is 10.0 Å². The fourth-order valence-electron chi connectivity index (χ4n) is 2.49. The Bertz CT molecular complexity index is 530. The van der Waals surface area contributed by atoms with Crippen LogP contribution in [0.2, 0.25) is 0 Å². The van der Waals surface area contributed by atoms with Crippen LogP contribution >= 0.6 is 0 Å². The molecule has 1 aromatic heterocycles. The first-order valence-corrected chi connectivity index (χ1v) is 6.88. The molecule has 1 aliphatic heterocycles. The van der Waals surface area contributed by atoms with Gasteiger partial charge in [-0.25, -0.2) is 0 Å². The molecule has 0 aliphatic carbocycles. The van der Waals surface area contributed by atoms with E-state index in [1.54, 1.807) is 17.9 Å². The average Bonchev–Trinajstić information content (AvgIpc) is 2.46. The molecule has 0 bridgehead atoms. The number of amides is 1. The van der Waals surface area contributed by atoms with Gasteiger partial charge in [-0.15, -0.1) is 0 Å². The summed E-state index contributed by atoms with van der Waals surface area (Å²) in [5, 5.41) is 17.1. The summed E-state index contributed by atoms with van der Waals surface area (Å²) in [4.78, 5) is 25.3. The van der Waals surface area contributed by atoms with Crippen LogP contribution in [0.15, 0.2) is 6.07 Å². The Labute approximate surface area is 117 Å². The highest BCUT2D eigenvalue weighted by molar-refractivity contribution is 5.95. The Morgan fingerprint density at radius 2 is 2.20 bits per heavy atom. The number of carbonyl (C=O) groups excluding carboxylic acids is 1. The molecule has 6 nitrogen and oxygen atoms in total. The number of carboxylic acids is 1. The lowest BCUT2D eigenvalue weighted by molar-refractivity contribution is -0.143. The lowest BCUT2D eigenvalue weighted by atomic mass is 9.97. The van der Waals surface area contributed by atoms with Gasteiger partial charge in [0, 0.05) is 13.1 Å². The number of hydrogen-bond acceptors (Lipinski definition) is 4. The van der Waals surface area contributed by atoms with E-state index in [1.165, 1.54) is 0 Å². The first kappa shape index (κ1) is 14.4. The molecular formula is C14H19N3O3. The molecule has 0 aromatic carbocycles. The van der Waals surface area contributed by atoms with Gasteiger partial charge in [0.25, 0.3) is 5.91 Å². The number of nitrogens with zero attached hydrogens (tertiary/aromatic N) is 3. The smallest absolute Gasteiger partial charge is 0.308 e. The van der Waals surface area contributed by atoms with Crippen LogP contribution in [0.1, 0.15) is 41.5 Å². The lowest BCUT2D eigenvalue weighted by Gasteiger charge is -2.31. The Hall–Kier alpha value is -1.98. The highest BCUT2D eigenvalue weighted by Gasteiger charge is 2.29. The van der Waals surface area contributed by atoms with Crippen LogP contribution in [-0.2, 0) is 11.2 Å². The van der Waals surface area contributed by atoms with Crippen molar-refractivity contribution >= 4 is 11.9 Å². The SMILES string of the molecule is CCc1nnc(C)cc1C(=O)N1CCCC(C(=O)O)C1. The van der Waals surface area contributed by atoms with Gasteiger partial charge in [0.1, 0.15) is 0 Å². The molecule has 1 N–H and O–H groups in total. The van der Waals surface area contributed by atoms with Crippen LogP contribution < -0.4 is 0 Å². The molecule has 1 aliphatic rings. The number of aliphatic carboxylic acids is 1. The minimum Gasteiger partial charge on any atom is -0.481 e. The predicted molar refractivity (Wildman–Crippen MR) is 72.4 cm³/mol. The second-order valence-corrected chi connectivity index (χ2v) is 5.13. The first-order valence-electron chi connectivity index (χ1n) is 6.88. The molecule has 1 unspecified atom stereocenters. The largest absolute Gasteiger partial charge is 0.481 e. The van der Waals surface area contributed by atoms with Gasteiger partial charge in [0.15, 0.2) is 0 Å². The molecule has 1 aromatic rings. The van der Waals surface area contributed by atoms with Crippen molar-refractivity contribution in [3.8, 4) is 0 Å². The van der Waals surface area contributed by atoms with Crippen LogP contribution in [-0.4, -0.2) is 45.2 Å². The van der Waals surface area contributed by atoms with Crippen molar-refractivity contribution < 1.29 is 14.7 Å². The minimum absolute atomic E-state index is 0.134. The van der Waals surface area contributed by atoms with Gasteiger partial charge >= 0.3 is 5.97 Å². The van der Waals surface area contributed by atoms with Gasteiger partial charge in [0.2, 0.25) is 0 Å². The molecule has 1 saturated heterocycles. The molecule has 0 saturated carbocycles. The van der Waals surface area contributed by atoms with Crippen LogP contribution in [0.25, 0.3) is 0 Å². The van der Waals surface area contributed by atoms with E-state index < -0.39 is 11.9 Å². The van der Waals surface area contributed by atoms with Crippen molar-refractivity contribution in [1.29, 1.82) is 0 Å². The van der Waals surface area contributed by atoms with Gasteiger partial charge in [-0.2, -0.15) is 10.2 Å². The zero-order valence-electron chi connectivity index (χ0n) is 11.8. The van der Waals surface area contributed by atoms with E-state index in [-0.39, 0.29) is 12.5 Å². The van der Waals surface area contributed by atoms with E-state index in [4.69, 9.17) is 5.11 Å². The standard InChI is InChI=1S/C14H19N3O3/c1-3-12-11(7-9(2)15-16-12)13(18)17-6-4-5-10(8-17)14(19)20/h7,10H,3-6,8H2,1-2H3,(H,19,20). The number of aryl methyl sites for hydroxylation is 2. The fourth-order valence-corrected chi connectivity index (χ4v) is 2.49. The van der Waals surface area contributed by atoms with Gasteiger partial charge in [-0.1, -0.05) is 6.92 Å². The third-order valence-corrected chi connectivity index (χ3v) is 3.62. The van der Waals surface area contributed by atoms with Crippen molar-refractivity contribution in [2.45, 2.75) is 33.1 Å². The number of carbonyl (C=O) groups is 2.